The fourth-order valence-corrected chi connectivity index (χ4v) is 3.97. The maximum Gasteiger partial charge on any atom is 0.274 e. The zero-order chi connectivity index (χ0) is 22.0. The van der Waals surface area contributed by atoms with Gasteiger partial charge in [-0.1, -0.05) is 6.07 Å². The van der Waals surface area contributed by atoms with E-state index in [1.807, 2.05) is 13.8 Å². The summed E-state index contributed by atoms with van der Waals surface area (Å²) >= 11 is 0. The number of hydrogen-bond acceptors (Lipinski definition) is 6. The lowest BCUT2D eigenvalue weighted by Crippen LogP contribution is -2.07. The van der Waals surface area contributed by atoms with Crippen molar-refractivity contribution in [3.8, 4) is 28.4 Å². The van der Waals surface area contributed by atoms with E-state index < -0.39 is 11.2 Å². The second-order valence-corrected chi connectivity index (χ2v) is 7.61. The van der Waals surface area contributed by atoms with Crippen molar-refractivity contribution in [2.24, 2.45) is 0 Å². The Morgan fingerprint density at radius 2 is 1.87 bits per heavy atom. The van der Waals surface area contributed by atoms with E-state index in [0.717, 1.165) is 0 Å². The van der Waals surface area contributed by atoms with Crippen molar-refractivity contribution >= 4 is 33.1 Å². The summed E-state index contributed by atoms with van der Waals surface area (Å²) in [6.07, 6.45) is 0. The zero-order valence-corrected chi connectivity index (χ0v) is 16.9. The van der Waals surface area contributed by atoms with Crippen LogP contribution in [0.25, 0.3) is 44.2 Å². The van der Waals surface area contributed by atoms with E-state index in [2.05, 4.69) is 10.1 Å². The number of benzene rings is 2. The summed E-state index contributed by atoms with van der Waals surface area (Å²) < 4.78 is 12.7. The fraction of sp³-hybridized carbons (Fsp3) is 0.182. The number of ether oxygens (including phenoxy) is 1. The van der Waals surface area contributed by atoms with Crippen molar-refractivity contribution in [2.45, 2.75) is 19.9 Å². The molecule has 0 saturated carbocycles. The highest BCUT2D eigenvalue weighted by Gasteiger charge is 2.24. The molecule has 9 nitrogen and oxygen atoms in total. The largest absolute Gasteiger partial charge is 0.504 e. The highest BCUT2D eigenvalue weighted by Crippen LogP contribution is 2.42. The molecule has 3 heterocycles. The Morgan fingerprint density at radius 1 is 1.10 bits per heavy atom. The molecule has 0 unspecified atom stereocenters. The molecule has 2 aromatic carbocycles. The molecule has 0 fully saturated rings. The Morgan fingerprint density at radius 3 is 2.55 bits per heavy atom. The smallest absolute Gasteiger partial charge is 0.274 e. The summed E-state index contributed by atoms with van der Waals surface area (Å²) in [5.41, 5.74) is 1.35. The van der Waals surface area contributed by atoms with Gasteiger partial charge in [0, 0.05) is 17.0 Å². The molecule has 5 aromatic rings. The fourth-order valence-electron chi connectivity index (χ4n) is 3.97. The third kappa shape index (κ3) is 2.56. The number of phenolic OH excluding ortho intramolecular Hbond substituents is 2. The average molecular weight is 421 g/mol. The minimum atomic E-state index is -0.565. The summed E-state index contributed by atoms with van der Waals surface area (Å²) in [5, 5.41) is 24.3. The zero-order valence-electron chi connectivity index (χ0n) is 16.9. The number of nitrogens with one attached hydrogen (secondary N) is 2. The molecule has 31 heavy (non-hydrogen) atoms. The number of rotatable bonds is 3. The Balaban J connectivity index is 2.04. The van der Waals surface area contributed by atoms with Gasteiger partial charge in [-0.3, -0.25) is 19.4 Å². The first-order valence-electron chi connectivity index (χ1n) is 9.63. The standard InChI is InChI=1S/C22H19N3O6/c1-9(2)25-21-16(22(29)24-25)15(10-4-7-14(30-3)13(27)8-10)20-17(23-21)11-5-6-12(26)18(28)19(11)31-20/h4-9,23,27-28H,1-3H3,(H,24,29). The van der Waals surface area contributed by atoms with Gasteiger partial charge >= 0.3 is 0 Å². The lowest BCUT2D eigenvalue weighted by molar-refractivity contribution is 0.373. The normalized spacial score (nSPS) is 11.9. The third-order valence-electron chi connectivity index (χ3n) is 5.43. The van der Waals surface area contributed by atoms with E-state index in [0.29, 0.717) is 33.1 Å². The number of aromatic amines is 2. The highest BCUT2D eigenvalue weighted by molar-refractivity contribution is 6.15. The average Bonchev–Trinajstić information content (AvgIpc) is 3.27. The predicted octanol–water partition coefficient (Wildman–Crippen LogP) is 3.59. The monoisotopic (exact) mass is 421 g/mol. The highest BCUT2D eigenvalue weighted by atomic mass is 16.5. The van der Waals surface area contributed by atoms with Crippen LogP contribution in [-0.4, -0.2) is 32.1 Å². The van der Waals surface area contributed by atoms with Crippen molar-refractivity contribution in [1.29, 1.82) is 0 Å². The van der Waals surface area contributed by atoms with Crippen molar-refractivity contribution in [3.05, 3.63) is 50.9 Å². The number of nitrogens with zero attached hydrogens (tertiary/aromatic N) is 1. The van der Waals surface area contributed by atoms with Gasteiger partial charge in [0.15, 0.2) is 22.7 Å². The van der Waals surface area contributed by atoms with Gasteiger partial charge in [0.05, 0.1) is 18.0 Å². The summed E-state index contributed by atoms with van der Waals surface area (Å²) in [7, 11) is 1.44. The molecule has 0 atom stereocenters. The van der Waals surface area contributed by atoms with Gasteiger partial charge in [0.1, 0.15) is 5.65 Å². The number of aromatic hydroxyl groups is 2. The van der Waals surface area contributed by atoms with Crippen molar-refractivity contribution in [2.75, 3.05) is 7.11 Å². The van der Waals surface area contributed by atoms with Crippen LogP contribution in [-0.2, 0) is 0 Å². The lowest BCUT2D eigenvalue weighted by atomic mass is 10.0. The maximum absolute atomic E-state index is 13.0. The summed E-state index contributed by atoms with van der Waals surface area (Å²) in [6, 6.07) is 7.52. The van der Waals surface area contributed by atoms with Crippen molar-refractivity contribution in [3.63, 3.8) is 0 Å². The summed E-state index contributed by atoms with van der Waals surface area (Å²) in [6.45, 7) is 3.85. The van der Waals surface area contributed by atoms with Crippen LogP contribution in [0, 0.1) is 0 Å². The molecule has 0 aliphatic rings. The molecule has 0 bridgehead atoms. The number of pyridine rings is 1. The van der Waals surface area contributed by atoms with E-state index in [-0.39, 0.29) is 34.3 Å². The van der Waals surface area contributed by atoms with Gasteiger partial charge in [-0.2, -0.15) is 0 Å². The summed E-state index contributed by atoms with van der Waals surface area (Å²) in [5.74, 6) is -0.323. The van der Waals surface area contributed by atoms with Gasteiger partial charge < -0.3 is 24.4 Å². The summed E-state index contributed by atoms with van der Waals surface area (Å²) in [4.78, 5) is 28.1. The molecule has 0 aliphatic carbocycles. The van der Waals surface area contributed by atoms with Crippen LogP contribution in [0.2, 0.25) is 0 Å². The minimum Gasteiger partial charge on any atom is -0.504 e. The number of H-pyrrole nitrogens is 2. The molecule has 0 saturated heterocycles. The molecule has 9 heteroatoms. The van der Waals surface area contributed by atoms with E-state index in [4.69, 9.17) is 9.15 Å². The van der Waals surface area contributed by atoms with Gasteiger partial charge in [-0.25, -0.2) is 0 Å². The number of hydrogen-bond donors (Lipinski definition) is 4. The molecule has 0 amide bonds. The van der Waals surface area contributed by atoms with Gasteiger partial charge in [-0.05, 0) is 43.7 Å². The molecule has 3 aromatic heterocycles. The number of aromatic nitrogens is 3. The molecule has 158 valence electrons. The number of methoxy groups -OCH3 is 1. The van der Waals surface area contributed by atoms with Crippen LogP contribution in [0.3, 0.4) is 0 Å². The SMILES string of the molecule is COc1ccc(-c2c3oc4c(O)c(=O)ccc4c3[nH]c3c2c(=O)[nH]n3C(C)C)cc1O. The Bertz CT molecular complexity index is 1620. The Labute approximate surface area is 174 Å². The first-order valence-corrected chi connectivity index (χ1v) is 9.63. The third-order valence-corrected chi connectivity index (χ3v) is 5.43. The number of furan rings is 1. The maximum atomic E-state index is 13.0. The molecule has 0 radical (unpaired) electrons. The molecule has 5 rings (SSSR count). The van der Waals surface area contributed by atoms with Crippen LogP contribution in [0.15, 0.2) is 44.3 Å². The Hall–Kier alpha value is -4.14. The second-order valence-electron chi connectivity index (χ2n) is 7.61. The van der Waals surface area contributed by atoms with E-state index in [1.54, 1.807) is 22.9 Å². The topological polar surface area (TPSA) is 133 Å². The molecular formula is C22H19N3O6. The van der Waals surface area contributed by atoms with Gasteiger partial charge in [0.25, 0.3) is 5.56 Å². The Kier molecular flexibility index (Phi) is 3.91. The van der Waals surface area contributed by atoms with Crippen LogP contribution in [0.1, 0.15) is 19.9 Å². The van der Waals surface area contributed by atoms with Crippen LogP contribution >= 0.6 is 0 Å². The number of phenols is 2. The first kappa shape index (κ1) is 18.9. The predicted molar refractivity (Wildman–Crippen MR) is 116 cm³/mol. The molecule has 0 aliphatic heterocycles. The van der Waals surface area contributed by atoms with Crippen LogP contribution in [0.5, 0.6) is 17.2 Å². The molecule has 0 spiro atoms. The van der Waals surface area contributed by atoms with Crippen LogP contribution < -0.4 is 15.7 Å². The van der Waals surface area contributed by atoms with E-state index >= 15 is 0 Å². The minimum absolute atomic E-state index is 0.0258. The van der Waals surface area contributed by atoms with Gasteiger partial charge in [-0.15, -0.1) is 0 Å². The molecule has 4 N–H and O–H groups in total. The first-order chi connectivity index (χ1) is 14.8. The van der Waals surface area contributed by atoms with Crippen LogP contribution in [0.4, 0.5) is 0 Å². The molecular weight excluding hydrogens is 402 g/mol. The van der Waals surface area contributed by atoms with E-state index in [9.17, 15) is 19.8 Å². The second kappa shape index (κ2) is 6.43. The van der Waals surface area contributed by atoms with Crippen molar-refractivity contribution in [1.82, 2.24) is 14.8 Å². The lowest BCUT2D eigenvalue weighted by Gasteiger charge is -2.11. The van der Waals surface area contributed by atoms with E-state index in [1.165, 1.54) is 19.2 Å². The van der Waals surface area contributed by atoms with Crippen molar-refractivity contribution < 1.29 is 19.4 Å². The quantitative estimate of drug-likeness (QED) is 0.352. The number of fused-ring (bicyclic) bond motifs is 4. The van der Waals surface area contributed by atoms with Gasteiger partial charge in [0.2, 0.25) is 11.2 Å².